The van der Waals surface area contributed by atoms with Gasteiger partial charge in [-0.3, -0.25) is 5.10 Å². The van der Waals surface area contributed by atoms with Gasteiger partial charge in [0, 0.05) is 5.56 Å². The van der Waals surface area contributed by atoms with Crippen LogP contribution in [-0.2, 0) is 6.18 Å². The molecule has 1 aromatic carbocycles. The lowest BCUT2D eigenvalue weighted by Crippen LogP contribution is -2.07. The second-order valence-electron chi connectivity index (χ2n) is 3.51. The van der Waals surface area contributed by atoms with Crippen LogP contribution in [-0.4, -0.2) is 17.3 Å². The van der Waals surface area contributed by atoms with E-state index in [0.717, 1.165) is 6.20 Å². The third-order valence-corrected chi connectivity index (χ3v) is 2.68. The van der Waals surface area contributed by atoms with Crippen molar-refractivity contribution in [2.45, 2.75) is 6.18 Å². The van der Waals surface area contributed by atoms with Crippen molar-refractivity contribution in [3.63, 3.8) is 0 Å². The van der Waals surface area contributed by atoms with Gasteiger partial charge in [0.15, 0.2) is 0 Å². The summed E-state index contributed by atoms with van der Waals surface area (Å²) in [6.07, 6.45) is -3.38. The van der Waals surface area contributed by atoms with Crippen molar-refractivity contribution in [3.8, 4) is 16.9 Å². The molecule has 0 saturated carbocycles. The zero-order valence-corrected chi connectivity index (χ0v) is 9.93. The van der Waals surface area contributed by atoms with Crippen LogP contribution in [0.15, 0.2) is 24.4 Å². The van der Waals surface area contributed by atoms with E-state index >= 15 is 0 Å². The largest absolute Gasteiger partial charge is 0.495 e. The number of halogens is 4. The van der Waals surface area contributed by atoms with Gasteiger partial charge in [-0.1, -0.05) is 17.7 Å². The first kappa shape index (κ1) is 12.8. The Kier molecular flexibility index (Phi) is 3.21. The van der Waals surface area contributed by atoms with Gasteiger partial charge in [-0.2, -0.15) is 18.3 Å². The number of nitrogens with one attached hydrogen (secondary N) is 1. The summed E-state index contributed by atoms with van der Waals surface area (Å²) in [6.45, 7) is 0. The van der Waals surface area contributed by atoms with Crippen LogP contribution in [0.25, 0.3) is 11.1 Å². The summed E-state index contributed by atoms with van der Waals surface area (Å²) in [5.74, 6) is 0.400. The van der Waals surface area contributed by atoms with Gasteiger partial charge < -0.3 is 4.74 Å². The van der Waals surface area contributed by atoms with Gasteiger partial charge in [0.1, 0.15) is 11.4 Å². The van der Waals surface area contributed by atoms with E-state index in [2.05, 4.69) is 5.10 Å². The average molecular weight is 277 g/mol. The molecule has 1 heterocycles. The van der Waals surface area contributed by atoms with E-state index in [4.69, 9.17) is 16.3 Å². The van der Waals surface area contributed by atoms with Crippen LogP contribution in [0.5, 0.6) is 5.75 Å². The summed E-state index contributed by atoms with van der Waals surface area (Å²) in [5, 5.41) is 5.60. The maximum absolute atomic E-state index is 12.7. The number of hydrogen-bond acceptors (Lipinski definition) is 2. The molecule has 0 aliphatic heterocycles. The molecule has 0 radical (unpaired) electrons. The van der Waals surface area contributed by atoms with Crippen LogP contribution in [0.1, 0.15) is 5.69 Å². The molecular weight excluding hydrogens is 269 g/mol. The maximum Gasteiger partial charge on any atom is 0.433 e. The van der Waals surface area contributed by atoms with Gasteiger partial charge in [-0.15, -0.1) is 0 Å². The Morgan fingerprint density at radius 2 is 2.06 bits per heavy atom. The Balaban J connectivity index is 2.50. The molecule has 0 unspecified atom stereocenters. The van der Waals surface area contributed by atoms with Crippen molar-refractivity contribution in [2.75, 3.05) is 7.11 Å². The Morgan fingerprint density at radius 1 is 1.33 bits per heavy atom. The van der Waals surface area contributed by atoms with Crippen LogP contribution in [0.3, 0.4) is 0 Å². The third-order valence-electron chi connectivity index (χ3n) is 2.39. The summed E-state index contributed by atoms with van der Waals surface area (Å²) >= 11 is 5.88. The minimum atomic E-state index is -4.49. The molecule has 18 heavy (non-hydrogen) atoms. The van der Waals surface area contributed by atoms with Crippen molar-refractivity contribution in [1.82, 2.24) is 10.2 Å². The van der Waals surface area contributed by atoms with Crippen LogP contribution in [0.4, 0.5) is 13.2 Å². The van der Waals surface area contributed by atoms with Crippen molar-refractivity contribution < 1.29 is 17.9 Å². The first-order valence-electron chi connectivity index (χ1n) is 4.88. The SMILES string of the molecule is COc1ccc(-c2cn[nH]c2C(F)(F)F)cc1Cl. The summed E-state index contributed by atoms with van der Waals surface area (Å²) in [6, 6.07) is 4.40. The standard InChI is InChI=1S/C11H8ClF3N2O/c1-18-9-3-2-6(4-8(9)12)7-5-16-17-10(7)11(13,14)15/h2-5H,1H3,(H,16,17). The van der Waals surface area contributed by atoms with E-state index in [0.29, 0.717) is 11.3 Å². The molecule has 2 rings (SSSR count). The highest BCUT2D eigenvalue weighted by Crippen LogP contribution is 2.37. The average Bonchev–Trinajstić information content (AvgIpc) is 2.77. The number of aromatic nitrogens is 2. The van der Waals surface area contributed by atoms with Gasteiger partial charge in [-0.05, 0) is 17.7 Å². The predicted molar refractivity (Wildman–Crippen MR) is 60.6 cm³/mol. The number of ether oxygens (including phenoxy) is 1. The summed E-state index contributed by atoms with van der Waals surface area (Å²) in [4.78, 5) is 0. The summed E-state index contributed by atoms with van der Waals surface area (Å²) in [5.41, 5.74) is -0.627. The van der Waals surface area contributed by atoms with E-state index in [1.54, 1.807) is 0 Å². The Hall–Kier alpha value is -1.69. The predicted octanol–water partition coefficient (Wildman–Crippen LogP) is 3.76. The highest BCUT2D eigenvalue weighted by Gasteiger charge is 2.35. The molecule has 0 bridgehead atoms. The summed E-state index contributed by atoms with van der Waals surface area (Å²) < 4.78 is 43.0. The fourth-order valence-electron chi connectivity index (χ4n) is 1.56. The number of methoxy groups -OCH3 is 1. The van der Waals surface area contributed by atoms with Gasteiger partial charge >= 0.3 is 6.18 Å². The quantitative estimate of drug-likeness (QED) is 0.907. The lowest BCUT2D eigenvalue weighted by molar-refractivity contribution is -0.140. The molecule has 0 saturated heterocycles. The number of nitrogens with zero attached hydrogens (tertiary/aromatic N) is 1. The highest BCUT2D eigenvalue weighted by molar-refractivity contribution is 6.32. The van der Waals surface area contributed by atoms with Crippen LogP contribution >= 0.6 is 11.6 Å². The molecule has 2 aromatic rings. The van der Waals surface area contributed by atoms with Gasteiger partial charge in [0.2, 0.25) is 0 Å². The van der Waals surface area contributed by atoms with Crippen molar-refractivity contribution in [3.05, 3.63) is 35.1 Å². The molecule has 0 fully saturated rings. The zero-order chi connectivity index (χ0) is 13.3. The number of aromatic amines is 1. The molecule has 7 heteroatoms. The van der Waals surface area contributed by atoms with Crippen molar-refractivity contribution in [1.29, 1.82) is 0 Å². The van der Waals surface area contributed by atoms with Crippen LogP contribution in [0.2, 0.25) is 5.02 Å². The van der Waals surface area contributed by atoms with E-state index in [9.17, 15) is 13.2 Å². The zero-order valence-electron chi connectivity index (χ0n) is 9.18. The molecule has 0 aliphatic carbocycles. The van der Waals surface area contributed by atoms with Crippen molar-refractivity contribution in [2.24, 2.45) is 0 Å². The lowest BCUT2D eigenvalue weighted by Gasteiger charge is -2.08. The molecular formula is C11H8ClF3N2O. The maximum atomic E-state index is 12.7. The number of H-pyrrole nitrogens is 1. The number of benzene rings is 1. The fraction of sp³-hybridized carbons (Fsp3) is 0.182. The minimum Gasteiger partial charge on any atom is -0.495 e. The molecule has 0 spiro atoms. The second-order valence-corrected chi connectivity index (χ2v) is 3.91. The normalized spacial score (nSPS) is 11.6. The third kappa shape index (κ3) is 2.28. The topological polar surface area (TPSA) is 37.9 Å². The first-order chi connectivity index (χ1) is 8.43. The Morgan fingerprint density at radius 3 is 2.61 bits per heavy atom. The number of hydrogen-bond donors (Lipinski definition) is 1. The number of alkyl halides is 3. The Labute approximate surface area is 106 Å². The molecule has 1 N–H and O–H groups in total. The Bertz CT molecular complexity index is 566. The van der Waals surface area contributed by atoms with Crippen LogP contribution < -0.4 is 4.74 Å². The molecule has 0 atom stereocenters. The molecule has 0 amide bonds. The smallest absolute Gasteiger partial charge is 0.433 e. The van der Waals surface area contributed by atoms with Gasteiger partial charge in [-0.25, -0.2) is 0 Å². The summed E-state index contributed by atoms with van der Waals surface area (Å²) in [7, 11) is 1.43. The minimum absolute atomic E-state index is 0.0490. The first-order valence-corrected chi connectivity index (χ1v) is 5.25. The van der Waals surface area contributed by atoms with Gasteiger partial charge in [0.25, 0.3) is 0 Å². The van der Waals surface area contributed by atoms with Gasteiger partial charge in [0.05, 0.1) is 18.3 Å². The second kappa shape index (κ2) is 4.53. The highest BCUT2D eigenvalue weighted by atomic mass is 35.5. The van der Waals surface area contributed by atoms with Crippen molar-refractivity contribution >= 4 is 11.6 Å². The molecule has 0 aliphatic rings. The fourth-order valence-corrected chi connectivity index (χ4v) is 1.81. The van der Waals surface area contributed by atoms with E-state index in [-0.39, 0.29) is 10.6 Å². The van der Waals surface area contributed by atoms with E-state index in [1.165, 1.54) is 25.3 Å². The lowest BCUT2D eigenvalue weighted by atomic mass is 10.1. The van der Waals surface area contributed by atoms with E-state index in [1.807, 2.05) is 5.10 Å². The van der Waals surface area contributed by atoms with E-state index < -0.39 is 11.9 Å². The monoisotopic (exact) mass is 276 g/mol. The molecule has 3 nitrogen and oxygen atoms in total. The number of rotatable bonds is 2. The molecule has 96 valence electrons. The van der Waals surface area contributed by atoms with Crippen LogP contribution in [0, 0.1) is 0 Å². The molecule has 1 aromatic heterocycles.